The first-order valence-electron chi connectivity index (χ1n) is 6.93. The molecular weight excluding hydrogens is 238 g/mol. The zero-order valence-electron chi connectivity index (χ0n) is 11.5. The summed E-state index contributed by atoms with van der Waals surface area (Å²) in [7, 11) is 0. The average molecular weight is 261 g/mol. The van der Waals surface area contributed by atoms with Crippen LogP contribution in [0.3, 0.4) is 0 Å². The highest BCUT2D eigenvalue weighted by Crippen LogP contribution is 2.16. The van der Waals surface area contributed by atoms with Crippen molar-refractivity contribution in [2.24, 2.45) is 5.73 Å². The van der Waals surface area contributed by atoms with Gasteiger partial charge in [0.2, 0.25) is 0 Å². The zero-order valence-corrected chi connectivity index (χ0v) is 11.5. The van der Waals surface area contributed by atoms with Crippen LogP contribution in [0.2, 0.25) is 0 Å². The summed E-state index contributed by atoms with van der Waals surface area (Å²) in [5.74, 6) is 1.35. The zero-order chi connectivity index (χ0) is 13.7. The molecule has 0 radical (unpaired) electrons. The summed E-state index contributed by atoms with van der Waals surface area (Å²) in [4.78, 5) is 9.16. The molecule has 1 aliphatic heterocycles. The van der Waals surface area contributed by atoms with Crippen LogP contribution >= 0.6 is 0 Å². The molecular formula is C14H23N5. The molecule has 1 aromatic heterocycles. The fraction of sp³-hybridized carbons (Fsp3) is 0.571. The van der Waals surface area contributed by atoms with Gasteiger partial charge in [0, 0.05) is 44.8 Å². The predicted octanol–water partition coefficient (Wildman–Crippen LogP) is 1.31. The van der Waals surface area contributed by atoms with Gasteiger partial charge in [0.25, 0.3) is 0 Å². The van der Waals surface area contributed by atoms with Crippen molar-refractivity contribution in [3.8, 4) is 0 Å². The molecule has 5 heteroatoms. The Hall–Kier alpha value is -1.62. The highest BCUT2D eigenvalue weighted by Gasteiger charge is 2.23. The van der Waals surface area contributed by atoms with E-state index >= 15 is 0 Å². The molecule has 1 unspecified atom stereocenters. The Morgan fingerprint density at radius 3 is 2.63 bits per heavy atom. The van der Waals surface area contributed by atoms with Crippen molar-refractivity contribution in [3.05, 3.63) is 24.4 Å². The van der Waals surface area contributed by atoms with E-state index in [2.05, 4.69) is 27.8 Å². The molecule has 0 bridgehead atoms. The molecule has 0 saturated carbocycles. The van der Waals surface area contributed by atoms with Crippen LogP contribution in [0, 0.1) is 5.41 Å². The number of pyridine rings is 1. The number of amidine groups is 1. The number of nitrogens with one attached hydrogen (secondary N) is 1. The second-order valence-corrected chi connectivity index (χ2v) is 5.00. The van der Waals surface area contributed by atoms with Crippen molar-refractivity contribution in [2.45, 2.75) is 25.8 Å². The Morgan fingerprint density at radius 1 is 1.37 bits per heavy atom. The fourth-order valence-corrected chi connectivity index (χ4v) is 2.64. The first-order valence-corrected chi connectivity index (χ1v) is 6.93. The molecule has 2 heterocycles. The van der Waals surface area contributed by atoms with Crippen LogP contribution in [-0.2, 0) is 0 Å². The molecule has 1 atom stereocenters. The number of nitrogens with zero attached hydrogens (tertiary/aromatic N) is 3. The third-order valence-corrected chi connectivity index (χ3v) is 3.73. The van der Waals surface area contributed by atoms with Crippen molar-refractivity contribution in [1.29, 1.82) is 5.41 Å². The van der Waals surface area contributed by atoms with Gasteiger partial charge in [0.15, 0.2) is 0 Å². The van der Waals surface area contributed by atoms with E-state index in [9.17, 15) is 0 Å². The molecule has 1 fully saturated rings. The van der Waals surface area contributed by atoms with Gasteiger partial charge in [0.1, 0.15) is 5.82 Å². The second kappa shape index (κ2) is 6.52. The summed E-state index contributed by atoms with van der Waals surface area (Å²) in [5, 5.41) is 7.45. The normalized spacial score (nSPS) is 18.3. The Morgan fingerprint density at radius 2 is 2.11 bits per heavy atom. The van der Waals surface area contributed by atoms with Gasteiger partial charge in [-0.2, -0.15) is 0 Å². The molecule has 2 rings (SSSR count). The lowest BCUT2D eigenvalue weighted by atomic mass is 10.1. The minimum absolute atomic E-state index is 0.291. The summed E-state index contributed by atoms with van der Waals surface area (Å²) in [6.45, 7) is 6.18. The van der Waals surface area contributed by atoms with E-state index < -0.39 is 0 Å². The Kier molecular flexibility index (Phi) is 4.74. The van der Waals surface area contributed by atoms with Crippen molar-refractivity contribution >= 4 is 11.7 Å². The van der Waals surface area contributed by atoms with Gasteiger partial charge in [0.05, 0.1) is 5.84 Å². The largest absolute Gasteiger partial charge is 0.388 e. The smallest absolute Gasteiger partial charge is 0.128 e. The van der Waals surface area contributed by atoms with Crippen molar-refractivity contribution in [3.63, 3.8) is 0 Å². The van der Waals surface area contributed by atoms with Gasteiger partial charge in [-0.25, -0.2) is 4.98 Å². The number of aromatic nitrogens is 1. The maximum atomic E-state index is 7.45. The molecule has 3 N–H and O–H groups in total. The molecule has 0 aromatic carbocycles. The lowest BCUT2D eigenvalue weighted by molar-refractivity contribution is 0.183. The molecule has 1 aliphatic rings. The summed E-state index contributed by atoms with van der Waals surface area (Å²) in [5.41, 5.74) is 5.53. The van der Waals surface area contributed by atoms with Gasteiger partial charge >= 0.3 is 0 Å². The molecule has 0 spiro atoms. The molecule has 1 saturated heterocycles. The highest BCUT2D eigenvalue weighted by atomic mass is 15.3. The van der Waals surface area contributed by atoms with Gasteiger partial charge < -0.3 is 10.6 Å². The van der Waals surface area contributed by atoms with Gasteiger partial charge in [-0.3, -0.25) is 10.3 Å². The highest BCUT2D eigenvalue weighted by molar-refractivity contribution is 5.77. The molecule has 0 aliphatic carbocycles. The van der Waals surface area contributed by atoms with Crippen LogP contribution in [-0.4, -0.2) is 47.9 Å². The maximum absolute atomic E-state index is 7.45. The number of anilines is 1. The van der Waals surface area contributed by atoms with E-state index in [1.807, 2.05) is 18.3 Å². The lowest BCUT2D eigenvalue weighted by Gasteiger charge is -2.39. The summed E-state index contributed by atoms with van der Waals surface area (Å²) in [6.07, 6.45) is 3.57. The minimum atomic E-state index is 0.291. The number of piperazine rings is 1. The minimum Gasteiger partial charge on any atom is -0.388 e. The van der Waals surface area contributed by atoms with E-state index in [4.69, 9.17) is 11.1 Å². The standard InChI is InChI=1S/C14H23N5/c1-2-12(11-13(15)16)18-7-9-19(10-8-18)14-5-3-4-6-17-14/h3-6,12H,2,7-11H2,1H3,(H3,15,16). The number of hydrogen-bond donors (Lipinski definition) is 2. The van der Waals surface area contributed by atoms with Crippen molar-refractivity contribution in [2.75, 3.05) is 31.1 Å². The molecule has 19 heavy (non-hydrogen) atoms. The van der Waals surface area contributed by atoms with E-state index in [1.165, 1.54) is 0 Å². The summed E-state index contributed by atoms with van der Waals surface area (Å²) < 4.78 is 0. The van der Waals surface area contributed by atoms with E-state index in [0.717, 1.165) is 38.4 Å². The quantitative estimate of drug-likeness (QED) is 0.619. The van der Waals surface area contributed by atoms with E-state index in [-0.39, 0.29) is 0 Å². The van der Waals surface area contributed by atoms with Gasteiger partial charge in [-0.1, -0.05) is 13.0 Å². The monoisotopic (exact) mass is 261 g/mol. The topological polar surface area (TPSA) is 69.2 Å². The molecule has 1 aromatic rings. The number of hydrogen-bond acceptors (Lipinski definition) is 4. The lowest BCUT2D eigenvalue weighted by Crippen LogP contribution is -2.51. The van der Waals surface area contributed by atoms with Crippen LogP contribution in [0.4, 0.5) is 5.82 Å². The SMILES string of the molecule is CCC(CC(=N)N)N1CCN(c2ccccn2)CC1. The van der Waals surface area contributed by atoms with E-state index in [1.54, 1.807) is 0 Å². The van der Waals surface area contributed by atoms with Crippen LogP contribution in [0.5, 0.6) is 0 Å². The van der Waals surface area contributed by atoms with Gasteiger partial charge in [-0.05, 0) is 18.6 Å². The molecule has 5 nitrogen and oxygen atoms in total. The van der Waals surface area contributed by atoms with Crippen LogP contribution in [0.15, 0.2) is 24.4 Å². The third-order valence-electron chi connectivity index (χ3n) is 3.73. The van der Waals surface area contributed by atoms with Crippen molar-refractivity contribution < 1.29 is 0 Å². The van der Waals surface area contributed by atoms with Crippen LogP contribution in [0.1, 0.15) is 19.8 Å². The Bertz CT molecular complexity index is 398. The van der Waals surface area contributed by atoms with Crippen molar-refractivity contribution in [1.82, 2.24) is 9.88 Å². The predicted molar refractivity (Wildman–Crippen MR) is 78.6 cm³/mol. The van der Waals surface area contributed by atoms with Gasteiger partial charge in [-0.15, -0.1) is 0 Å². The van der Waals surface area contributed by atoms with Crippen LogP contribution in [0.25, 0.3) is 0 Å². The first kappa shape index (κ1) is 13.8. The van der Waals surface area contributed by atoms with E-state index in [0.29, 0.717) is 18.3 Å². The summed E-state index contributed by atoms with van der Waals surface area (Å²) in [6, 6.07) is 6.44. The number of nitrogens with two attached hydrogens (primary N) is 1. The Balaban J connectivity index is 1.89. The molecule has 104 valence electrons. The summed E-state index contributed by atoms with van der Waals surface area (Å²) >= 11 is 0. The Labute approximate surface area is 114 Å². The van der Waals surface area contributed by atoms with Crippen LogP contribution < -0.4 is 10.6 Å². The third kappa shape index (κ3) is 3.67. The maximum Gasteiger partial charge on any atom is 0.128 e. The first-order chi connectivity index (χ1) is 9.20. The fourth-order valence-electron chi connectivity index (χ4n) is 2.64. The number of rotatable bonds is 5. The average Bonchev–Trinajstić information content (AvgIpc) is 2.46. The molecule has 0 amide bonds. The second-order valence-electron chi connectivity index (χ2n) is 5.00.